The molecule has 0 N–H and O–H groups in total. The van der Waals surface area contributed by atoms with Crippen LogP contribution in [0.4, 0.5) is 0 Å². The lowest BCUT2D eigenvalue weighted by atomic mass is 9.97. The molecule has 5 aromatic rings. The van der Waals surface area contributed by atoms with Crippen molar-refractivity contribution < 1.29 is 4.74 Å². The number of hydrogen-bond donors (Lipinski definition) is 0. The molecular formula is C27H25N3OS2. The van der Waals surface area contributed by atoms with Crippen LogP contribution in [0.5, 0.6) is 5.88 Å². The molecule has 0 saturated carbocycles. The van der Waals surface area contributed by atoms with Crippen molar-refractivity contribution >= 4 is 43.0 Å². The summed E-state index contributed by atoms with van der Waals surface area (Å²) in [4.78, 5) is 16.5. The minimum Gasteiger partial charge on any atom is -0.477 e. The second-order valence-electron chi connectivity index (χ2n) is 8.86. The van der Waals surface area contributed by atoms with E-state index in [1.165, 1.54) is 38.9 Å². The molecule has 4 nitrogen and oxygen atoms in total. The normalized spacial score (nSPS) is 14.5. The SMILES string of the molecule is CC(COc1nc(-c2ccncc2)nc2sc3c(c12)CCCC3)Cc1csc2ccccc12. The topological polar surface area (TPSA) is 47.9 Å². The van der Waals surface area contributed by atoms with Gasteiger partial charge in [0.2, 0.25) is 5.88 Å². The molecule has 0 amide bonds. The van der Waals surface area contributed by atoms with E-state index in [9.17, 15) is 0 Å². The summed E-state index contributed by atoms with van der Waals surface area (Å²) in [5, 5.41) is 4.80. The number of aromatic nitrogens is 3. The molecule has 0 spiro atoms. The lowest BCUT2D eigenvalue weighted by molar-refractivity contribution is 0.254. The Labute approximate surface area is 201 Å². The van der Waals surface area contributed by atoms with E-state index in [4.69, 9.17) is 14.7 Å². The zero-order valence-electron chi connectivity index (χ0n) is 18.6. The number of rotatable bonds is 6. The number of ether oxygens (including phenoxy) is 1. The van der Waals surface area contributed by atoms with Crippen molar-refractivity contribution in [2.75, 3.05) is 6.61 Å². The maximum atomic E-state index is 6.47. The second-order valence-corrected chi connectivity index (χ2v) is 10.9. The molecule has 4 heterocycles. The van der Waals surface area contributed by atoms with Gasteiger partial charge in [-0.25, -0.2) is 4.98 Å². The molecule has 0 aliphatic heterocycles. The molecule has 0 radical (unpaired) electrons. The molecule has 6 heteroatoms. The minimum absolute atomic E-state index is 0.381. The van der Waals surface area contributed by atoms with Crippen LogP contribution in [0.1, 0.15) is 35.8 Å². The third-order valence-electron chi connectivity index (χ3n) is 6.35. The Kier molecular flexibility index (Phi) is 5.56. The molecule has 4 aromatic heterocycles. The van der Waals surface area contributed by atoms with Crippen molar-refractivity contribution in [2.24, 2.45) is 5.92 Å². The Morgan fingerprint density at radius 1 is 1.03 bits per heavy atom. The van der Waals surface area contributed by atoms with Gasteiger partial charge in [-0.3, -0.25) is 4.98 Å². The van der Waals surface area contributed by atoms with E-state index in [0.717, 1.165) is 46.7 Å². The standard InChI is InChI=1S/C27H25N3OS2/c1-17(14-19-16-32-22-8-4-2-6-20(19)22)15-31-26-24-21-7-3-5-9-23(21)33-27(24)30-25(29-26)18-10-12-28-13-11-18/h2,4,6,8,10-13,16-17H,3,5,7,9,14-15H2,1H3. The lowest BCUT2D eigenvalue weighted by Crippen LogP contribution is -2.12. The van der Waals surface area contributed by atoms with Crippen LogP contribution in [0.15, 0.2) is 54.2 Å². The van der Waals surface area contributed by atoms with Crippen LogP contribution in [0.3, 0.4) is 0 Å². The largest absolute Gasteiger partial charge is 0.477 e. The summed E-state index contributed by atoms with van der Waals surface area (Å²) < 4.78 is 7.82. The zero-order chi connectivity index (χ0) is 22.2. The van der Waals surface area contributed by atoms with Gasteiger partial charge in [-0.05, 0) is 78.1 Å². The van der Waals surface area contributed by atoms with Crippen molar-refractivity contribution in [2.45, 2.75) is 39.0 Å². The Bertz CT molecular complexity index is 1420. The summed E-state index contributed by atoms with van der Waals surface area (Å²) in [6.07, 6.45) is 9.30. The van der Waals surface area contributed by atoms with Crippen LogP contribution in [-0.2, 0) is 19.3 Å². The van der Waals surface area contributed by atoms with Crippen molar-refractivity contribution in [3.8, 4) is 17.3 Å². The quantitative estimate of drug-likeness (QED) is 0.265. The van der Waals surface area contributed by atoms with Crippen LogP contribution in [0.2, 0.25) is 0 Å². The number of nitrogens with zero attached hydrogens (tertiary/aromatic N) is 3. The van der Waals surface area contributed by atoms with Gasteiger partial charge in [-0.2, -0.15) is 4.98 Å². The summed E-state index contributed by atoms with van der Waals surface area (Å²) in [7, 11) is 0. The molecule has 1 aliphatic carbocycles. The highest BCUT2D eigenvalue weighted by atomic mass is 32.1. The summed E-state index contributed by atoms with van der Waals surface area (Å²) in [6.45, 7) is 2.90. The Morgan fingerprint density at radius 3 is 2.79 bits per heavy atom. The predicted molar refractivity (Wildman–Crippen MR) is 137 cm³/mol. The van der Waals surface area contributed by atoms with Gasteiger partial charge in [-0.1, -0.05) is 25.1 Å². The summed E-state index contributed by atoms with van der Waals surface area (Å²) in [6, 6.07) is 12.6. The zero-order valence-corrected chi connectivity index (χ0v) is 20.2. The third-order valence-corrected chi connectivity index (χ3v) is 8.55. The van der Waals surface area contributed by atoms with E-state index in [1.807, 2.05) is 34.8 Å². The van der Waals surface area contributed by atoms with Gasteiger partial charge in [0.25, 0.3) is 0 Å². The van der Waals surface area contributed by atoms with Crippen molar-refractivity contribution in [1.29, 1.82) is 0 Å². The van der Waals surface area contributed by atoms with Gasteiger partial charge in [0, 0.05) is 27.5 Å². The second kappa shape index (κ2) is 8.84. The number of fused-ring (bicyclic) bond motifs is 4. The van der Waals surface area contributed by atoms with E-state index >= 15 is 0 Å². The maximum Gasteiger partial charge on any atom is 0.226 e. The first-order valence-electron chi connectivity index (χ1n) is 11.6. The predicted octanol–water partition coefficient (Wildman–Crippen LogP) is 7.10. The van der Waals surface area contributed by atoms with Crippen LogP contribution in [0.25, 0.3) is 31.7 Å². The number of aryl methyl sites for hydroxylation is 2. The average molecular weight is 472 g/mol. The average Bonchev–Trinajstić information content (AvgIpc) is 3.44. The highest BCUT2D eigenvalue weighted by Crippen LogP contribution is 2.40. The Hall–Kier alpha value is -2.83. The van der Waals surface area contributed by atoms with E-state index in [-0.39, 0.29) is 0 Å². The molecule has 0 fully saturated rings. The first-order valence-corrected chi connectivity index (χ1v) is 13.3. The van der Waals surface area contributed by atoms with Gasteiger partial charge < -0.3 is 4.74 Å². The fraction of sp³-hybridized carbons (Fsp3) is 0.296. The highest BCUT2D eigenvalue weighted by molar-refractivity contribution is 7.19. The molecule has 166 valence electrons. The van der Waals surface area contributed by atoms with Crippen LogP contribution >= 0.6 is 22.7 Å². The van der Waals surface area contributed by atoms with E-state index in [1.54, 1.807) is 12.4 Å². The molecule has 6 rings (SSSR count). The van der Waals surface area contributed by atoms with Gasteiger partial charge in [-0.15, -0.1) is 22.7 Å². The van der Waals surface area contributed by atoms with Gasteiger partial charge in [0.1, 0.15) is 4.83 Å². The molecule has 33 heavy (non-hydrogen) atoms. The van der Waals surface area contributed by atoms with Crippen molar-refractivity contribution in [3.63, 3.8) is 0 Å². The first-order chi connectivity index (χ1) is 16.3. The summed E-state index contributed by atoms with van der Waals surface area (Å²) in [5.74, 6) is 1.84. The third kappa shape index (κ3) is 4.02. The Balaban J connectivity index is 1.31. The Morgan fingerprint density at radius 2 is 1.88 bits per heavy atom. The number of pyridine rings is 1. The monoisotopic (exact) mass is 471 g/mol. The van der Waals surface area contributed by atoms with E-state index in [0.29, 0.717) is 12.5 Å². The summed E-state index contributed by atoms with van der Waals surface area (Å²) >= 11 is 3.64. The fourth-order valence-electron chi connectivity index (χ4n) is 4.70. The fourth-order valence-corrected chi connectivity index (χ4v) is 6.93. The highest BCUT2D eigenvalue weighted by Gasteiger charge is 2.23. The molecule has 0 bridgehead atoms. The maximum absolute atomic E-state index is 6.47. The number of benzene rings is 1. The molecule has 1 aromatic carbocycles. The van der Waals surface area contributed by atoms with E-state index in [2.05, 4.69) is 41.6 Å². The number of hydrogen-bond acceptors (Lipinski definition) is 6. The van der Waals surface area contributed by atoms with Crippen LogP contribution in [0, 0.1) is 5.92 Å². The molecule has 1 unspecified atom stereocenters. The lowest BCUT2D eigenvalue weighted by Gasteiger charge is -2.15. The van der Waals surface area contributed by atoms with Crippen molar-refractivity contribution in [1.82, 2.24) is 15.0 Å². The minimum atomic E-state index is 0.381. The van der Waals surface area contributed by atoms with Gasteiger partial charge in [0.05, 0.1) is 12.0 Å². The van der Waals surface area contributed by atoms with Crippen molar-refractivity contribution in [3.05, 3.63) is 70.2 Å². The number of thiophene rings is 2. The van der Waals surface area contributed by atoms with Gasteiger partial charge >= 0.3 is 0 Å². The first kappa shape index (κ1) is 20.8. The van der Waals surface area contributed by atoms with E-state index < -0.39 is 0 Å². The molecule has 0 saturated heterocycles. The smallest absolute Gasteiger partial charge is 0.226 e. The summed E-state index contributed by atoms with van der Waals surface area (Å²) in [5.41, 5.74) is 3.79. The van der Waals surface area contributed by atoms with Gasteiger partial charge in [0.15, 0.2) is 5.82 Å². The molecule has 1 aliphatic rings. The molecular weight excluding hydrogens is 446 g/mol. The molecule has 1 atom stereocenters. The van der Waals surface area contributed by atoms with Crippen LogP contribution < -0.4 is 4.74 Å². The van der Waals surface area contributed by atoms with Crippen LogP contribution in [-0.4, -0.2) is 21.6 Å².